The lowest BCUT2D eigenvalue weighted by molar-refractivity contribution is 0.271. The Morgan fingerprint density at radius 3 is 3.12 bits per heavy atom. The summed E-state index contributed by atoms with van der Waals surface area (Å²) in [5.41, 5.74) is 7.41. The van der Waals surface area contributed by atoms with Crippen LogP contribution in [-0.4, -0.2) is 24.1 Å². The summed E-state index contributed by atoms with van der Waals surface area (Å²) in [5.74, 6) is 1.05. The molecular weight excluding hydrogens is 198 g/mol. The van der Waals surface area contributed by atoms with Gasteiger partial charge < -0.3 is 11.1 Å². The lowest BCUT2D eigenvalue weighted by Crippen LogP contribution is -2.45. The maximum absolute atomic E-state index is 6.21. The first-order valence-corrected chi connectivity index (χ1v) is 6.20. The minimum atomic E-state index is 0.278. The fourth-order valence-electron chi connectivity index (χ4n) is 2.60. The van der Waals surface area contributed by atoms with Gasteiger partial charge in [0, 0.05) is 30.4 Å². The number of nitrogens with two attached hydrogens (primary N) is 1. The van der Waals surface area contributed by atoms with E-state index in [0.717, 1.165) is 25.9 Å². The van der Waals surface area contributed by atoms with Crippen molar-refractivity contribution in [3.63, 3.8) is 0 Å². The molecule has 1 saturated heterocycles. The van der Waals surface area contributed by atoms with Gasteiger partial charge in [-0.3, -0.25) is 4.98 Å². The third-order valence-corrected chi connectivity index (χ3v) is 3.62. The molecule has 1 aliphatic rings. The Labute approximate surface area is 97.5 Å². The first kappa shape index (κ1) is 11.6. The van der Waals surface area contributed by atoms with Crippen molar-refractivity contribution in [3.05, 3.63) is 30.1 Å². The first-order valence-electron chi connectivity index (χ1n) is 6.20. The summed E-state index contributed by atoms with van der Waals surface area (Å²) < 4.78 is 0. The number of nitrogens with one attached hydrogen (secondary N) is 1. The monoisotopic (exact) mass is 219 g/mol. The van der Waals surface area contributed by atoms with Crippen molar-refractivity contribution in [3.8, 4) is 0 Å². The molecule has 2 rings (SSSR count). The Bertz CT molecular complexity index is 312. The van der Waals surface area contributed by atoms with Crippen LogP contribution in [0.15, 0.2) is 24.4 Å². The highest BCUT2D eigenvalue weighted by molar-refractivity contribution is 5.13. The Kier molecular flexibility index (Phi) is 3.91. The summed E-state index contributed by atoms with van der Waals surface area (Å²) in [6, 6.07) is 6.45. The highest BCUT2D eigenvalue weighted by atomic mass is 14.9. The number of nitrogens with zero attached hydrogens (tertiary/aromatic N) is 1. The van der Waals surface area contributed by atoms with Crippen LogP contribution in [-0.2, 0) is 0 Å². The molecule has 3 N–H and O–H groups in total. The van der Waals surface area contributed by atoms with Gasteiger partial charge in [-0.2, -0.15) is 0 Å². The summed E-state index contributed by atoms with van der Waals surface area (Å²) in [4.78, 5) is 4.49. The second-order valence-electron chi connectivity index (χ2n) is 4.59. The van der Waals surface area contributed by atoms with Gasteiger partial charge in [-0.15, -0.1) is 0 Å². The molecule has 0 aliphatic carbocycles. The minimum absolute atomic E-state index is 0.278. The molecule has 16 heavy (non-hydrogen) atoms. The number of pyridine rings is 1. The number of rotatable bonds is 3. The fraction of sp³-hybridized carbons (Fsp3) is 0.615. The summed E-state index contributed by atoms with van der Waals surface area (Å²) in [7, 11) is 0. The first-order chi connectivity index (χ1) is 7.83. The largest absolute Gasteiger partial charge is 0.327 e. The van der Waals surface area contributed by atoms with E-state index in [2.05, 4.69) is 29.4 Å². The molecule has 0 aromatic carbocycles. The molecule has 88 valence electrons. The Morgan fingerprint density at radius 2 is 2.44 bits per heavy atom. The van der Waals surface area contributed by atoms with Crippen molar-refractivity contribution >= 4 is 0 Å². The van der Waals surface area contributed by atoms with E-state index < -0.39 is 0 Å². The van der Waals surface area contributed by atoms with E-state index in [0.29, 0.717) is 11.8 Å². The zero-order chi connectivity index (χ0) is 11.4. The van der Waals surface area contributed by atoms with E-state index in [9.17, 15) is 0 Å². The van der Waals surface area contributed by atoms with Crippen molar-refractivity contribution < 1.29 is 0 Å². The van der Waals surface area contributed by atoms with Gasteiger partial charge in [-0.1, -0.05) is 13.0 Å². The molecule has 3 heteroatoms. The molecule has 1 aromatic rings. The lowest BCUT2D eigenvalue weighted by Gasteiger charge is -2.35. The minimum Gasteiger partial charge on any atom is -0.327 e. The molecule has 3 nitrogen and oxygen atoms in total. The van der Waals surface area contributed by atoms with Gasteiger partial charge in [0.15, 0.2) is 0 Å². The Morgan fingerprint density at radius 1 is 1.56 bits per heavy atom. The predicted octanol–water partition coefficient (Wildman–Crippen LogP) is 1.51. The summed E-state index contributed by atoms with van der Waals surface area (Å²) in [6.07, 6.45) is 4.07. The third kappa shape index (κ3) is 2.42. The molecule has 1 aliphatic heterocycles. The second-order valence-corrected chi connectivity index (χ2v) is 4.59. The van der Waals surface area contributed by atoms with Crippen LogP contribution in [0.1, 0.15) is 31.4 Å². The molecule has 0 radical (unpaired) electrons. The van der Waals surface area contributed by atoms with Crippen LogP contribution in [0.2, 0.25) is 0 Å². The summed E-state index contributed by atoms with van der Waals surface area (Å²) in [6.45, 7) is 4.26. The maximum Gasteiger partial charge on any atom is 0.0438 e. The van der Waals surface area contributed by atoms with Gasteiger partial charge in [0.25, 0.3) is 0 Å². The zero-order valence-electron chi connectivity index (χ0n) is 9.89. The van der Waals surface area contributed by atoms with Gasteiger partial charge in [0.1, 0.15) is 0 Å². The van der Waals surface area contributed by atoms with E-state index in [1.165, 1.54) is 5.69 Å². The smallest absolute Gasteiger partial charge is 0.0438 e. The summed E-state index contributed by atoms with van der Waals surface area (Å²) >= 11 is 0. The molecule has 3 atom stereocenters. The van der Waals surface area contributed by atoms with E-state index in [-0.39, 0.29) is 6.04 Å². The normalized spacial score (nSPS) is 27.6. The van der Waals surface area contributed by atoms with Crippen molar-refractivity contribution in [2.24, 2.45) is 11.7 Å². The molecule has 2 heterocycles. The van der Waals surface area contributed by atoms with Gasteiger partial charge in [0.2, 0.25) is 0 Å². The molecule has 0 amide bonds. The highest BCUT2D eigenvalue weighted by Crippen LogP contribution is 2.31. The zero-order valence-corrected chi connectivity index (χ0v) is 9.89. The van der Waals surface area contributed by atoms with Crippen molar-refractivity contribution in [2.45, 2.75) is 31.7 Å². The highest BCUT2D eigenvalue weighted by Gasteiger charge is 2.30. The van der Waals surface area contributed by atoms with Gasteiger partial charge in [-0.05, 0) is 37.4 Å². The molecule has 3 unspecified atom stereocenters. The average Bonchev–Trinajstić information content (AvgIpc) is 2.39. The predicted molar refractivity (Wildman–Crippen MR) is 66.2 cm³/mol. The standard InChI is InChI=1S/C13H21N3/c1-2-12(14)11-9-15-8-6-10(11)13-5-3-4-7-16-13/h3-5,7,10-12,15H,2,6,8-9,14H2,1H3. The summed E-state index contributed by atoms with van der Waals surface area (Å²) in [5, 5.41) is 3.44. The van der Waals surface area contributed by atoms with Crippen LogP contribution in [0.3, 0.4) is 0 Å². The second kappa shape index (κ2) is 5.41. The topological polar surface area (TPSA) is 50.9 Å². The van der Waals surface area contributed by atoms with Crippen molar-refractivity contribution in [1.82, 2.24) is 10.3 Å². The van der Waals surface area contributed by atoms with Gasteiger partial charge >= 0.3 is 0 Å². The molecule has 0 bridgehead atoms. The molecule has 0 saturated carbocycles. The van der Waals surface area contributed by atoms with E-state index >= 15 is 0 Å². The maximum atomic E-state index is 6.21. The number of hydrogen-bond donors (Lipinski definition) is 2. The van der Waals surface area contributed by atoms with Gasteiger partial charge in [0.05, 0.1) is 0 Å². The number of hydrogen-bond acceptors (Lipinski definition) is 3. The molecule has 1 fully saturated rings. The van der Waals surface area contributed by atoms with Crippen LogP contribution in [0, 0.1) is 5.92 Å². The van der Waals surface area contributed by atoms with Crippen LogP contribution < -0.4 is 11.1 Å². The van der Waals surface area contributed by atoms with Gasteiger partial charge in [-0.25, -0.2) is 0 Å². The third-order valence-electron chi connectivity index (χ3n) is 3.62. The number of piperidine rings is 1. The molecule has 0 spiro atoms. The van der Waals surface area contributed by atoms with E-state index in [1.807, 2.05) is 12.3 Å². The fourth-order valence-corrected chi connectivity index (χ4v) is 2.60. The number of aromatic nitrogens is 1. The van der Waals surface area contributed by atoms with Crippen LogP contribution >= 0.6 is 0 Å². The van der Waals surface area contributed by atoms with Crippen LogP contribution in [0.5, 0.6) is 0 Å². The van der Waals surface area contributed by atoms with Crippen LogP contribution in [0.4, 0.5) is 0 Å². The quantitative estimate of drug-likeness (QED) is 0.810. The molecule has 1 aromatic heterocycles. The SMILES string of the molecule is CCC(N)C1CNCCC1c1ccccn1. The average molecular weight is 219 g/mol. The Hall–Kier alpha value is -0.930. The lowest BCUT2D eigenvalue weighted by atomic mass is 9.78. The van der Waals surface area contributed by atoms with Crippen LogP contribution in [0.25, 0.3) is 0 Å². The Balaban J connectivity index is 2.16. The van der Waals surface area contributed by atoms with E-state index in [4.69, 9.17) is 5.73 Å². The van der Waals surface area contributed by atoms with E-state index in [1.54, 1.807) is 0 Å². The van der Waals surface area contributed by atoms with Crippen molar-refractivity contribution in [1.29, 1.82) is 0 Å². The van der Waals surface area contributed by atoms with Crippen molar-refractivity contribution in [2.75, 3.05) is 13.1 Å². The molecular formula is C13H21N3.